The van der Waals surface area contributed by atoms with Crippen LogP contribution in [0.15, 0.2) is 12.7 Å². The number of rotatable bonds is 3. The molecule has 1 rings (SSSR count). The van der Waals surface area contributed by atoms with Gasteiger partial charge in [0.2, 0.25) is 5.91 Å². The Hall–Kier alpha value is -1.36. The van der Waals surface area contributed by atoms with Crippen molar-refractivity contribution in [2.75, 3.05) is 7.05 Å². The maximum Gasteiger partial charge on any atom is 0.320 e. The van der Waals surface area contributed by atoms with Gasteiger partial charge in [0.15, 0.2) is 0 Å². The van der Waals surface area contributed by atoms with E-state index < -0.39 is 12.0 Å². The van der Waals surface area contributed by atoms with Crippen LogP contribution in [0, 0.1) is 5.92 Å². The van der Waals surface area contributed by atoms with Crippen molar-refractivity contribution < 1.29 is 14.7 Å². The van der Waals surface area contributed by atoms with Crippen LogP contribution >= 0.6 is 0 Å². The van der Waals surface area contributed by atoms with Crippen LogP contribution in [-0.2, 0) is 9.59 Å². The van der Waals surface area contributed by atoms with Crippen LogP contribution in [-0.4, -0.2) is 41.1 Å². The molecule has 5 heteroatoms. The van der Waals surface area contributed by atoms with Gasteiger partial charge in [0.25, 0.3) is 0 Å². The average molecular weight is 212 g/mol. The number of nitrogens with zero attached hydrogens (tertiary/aromatic N) is 1. The summed E-state index contributed by atoms with van der Waals surface area (Å²) in [6, 6.07) is -0.551. The first-order valence-electron chi connectivity index (χ1n) is 4.81. The number of likely N-dealkylation sites (N-methyl/N-ethyl adjacent to an activating group) is 1. The summed E-state index contributed by atoms with van der Waals surface area (Å²) < 4.78 is 0. The van der Waals surface area contributed by atoms with E-state index in [0.29, 0.717) is 6.42 Å². The van der Waals surface area contributed by atoms with Gasteiger partial charge < -0.3 is 10.4 Å². The lowest BCUT2D eigenvalue weighted by Gasteiger charge is -2.25. The highest BCUT2D eigenvalue weighted by molar-refractivity contribution is 5.75. The van der Waals surface area contributed by atoms with E-state index in [2.05, 4.69) is 11.9 Å². The topological polar surface area (TPSA) is 69.6 Å². The number of carboxylic acids is 1. The zero-order valence-corrected chi connectivity index (χ0v) is 8.93. The molecule has 3 atom stereocenters. The quantitative estimate of drug-likeness (QED) is 0.648. The monoisotopic (exact) mass is 212 g/mol. The Balaban J connectivity index is 2.80. The fourth-order valence-electron chi connectivity index (χ4n) is 1.97. The number of likely N-dealkylation sites (tertiary alicyclic amines) is 1. The zero-order valence-electron chi connectivity index (χ0n) is 8.93. The molecule has 0 spiro atoms. The van der Waals surface area contributed by atoms with Crippen LogP contribution in [0.1, 0.15) is 13.3 Å². The first kappa shape index (κ1) is 11.7. The first-order valence-corrected chi connectivity index (χ1v) is 4.81. The summed E-state index contributed by atoms with van der Waals surface area (Å²) in [7, 11) is 1.70. The molecule has 0 unspecified atom stereocenters. The van der Waals surface area contributed by atoms with Crippen molar-refractivity contribution in [2.24, 2.45) is 5.92 Å². The Bertz CT molecular complexity index is 290. The SMILES string of the molecule is C=C[C@@H]1C[C@H](C(=O)O)N(C)[C@H]1NC(C)=O. The predicted molar refractivity (Wildman–Crippen MR) is 55.1 cm³/mol. The molecule has 0 aromatic rings. The molecule has 5 nitrogen and oxygen atoms in total. The van der Waals surface area contributed by atoms with Crippen LogP contribution < -0.4 is 5.32 Å². The Morgan fingerprint density at radius 1 is 1.60 bits per heavy atom. The fourth-order valence-corrected chi connectivity index (χ4v) is 1.97. The Kier molecular flexibility index (Phi) is 3.47. The minimum Gasteiger partial charge on any atom is -0.480 e. The molecule has 1 aliphatic rings. The molecule has 1 aliphatic heterocycles. The van der Waals surface area contributed by atoms with Gasteiger partial charge in [-0.15, -0.1) is 6.58 Å². The summed E-state index contributed by atoms with van der Waals surface area (Å²) >= 11 is 0. The lowest BCUT2D eigenvalue weighted by Crippen LogP contribution is -2.48. The zero-order chi connectivity index (χ0) is 11.6. The molecule has 0 aliphatic carbocycles. The number of nitrogens with one attached hydrogen (secondary N) is 1. The summed E-state index contributed by atoms with van der Waals surface area (Å²) in [5.41, 5.74) is 0. The minimum absolute atomic E-state index is 0.0139. The van der Waals surface area contributed by atoms with E-state index in [1.165, 1.54) is 6.92 Å². The smallest absolute Gasteiger partial charge is 0.320 e. The largest absolute Gasteiger partial charge is 0.480 e. The first-order chi connectivity index (χ1) is 6.97. The predicted octanol–water partition coefficient (Wildman–Crippen LogP) is 0.0395. The van der Waals surface area contributed by atoms with Crippen LogP contribution in [0.25, 0.3) is 0 Å². The van der Waals surface area contributed by atoms with Crippen LogP contribution in [0.4, 0.5) is 0 Å². The maximum atomic E-state index is 11.0. The van der Waals surface area contributed by atoms with Crippen LogP contribution in [0.2, 0.25) is 0 Å². The highest BCUT2D eigenvalue weighted by atomic mass is 16.4. The summed E-state index contributed by atoms with van der Waals surface area (Å²) in [5, 5.41) is 11.7. The highest BCUT2D eigenvalue weighted by Gasteiger charge is 2.41. The van der Waals surface area contributed by atoms with Crippen molar-refractivity contribution in [3.63, 3.8) is 0 Å². The van der Waals surface area contributed by atoms with Crippen molar-refractivity contribution in [3.8, 4) is 0 Å². The molecule has 0 bridgehead atoms. The molecule has 1 heterocycles. The number of hydrogen-bond donors (Lipinski definition) is 2. The number of carbonyl (C=O) groups is 2. The molecule has 0 radical (unpaired) electrons. The van der Waals surface area contributed by atoms with Crippen molar-refractivity contribution >= 4 is 11.9 Å². The Morgan fingerprint density at radius 2 is 2.20 bits per heavy atom. The number of carbonyl (C=O) groups excluding carboxylic acids is 1. The second-order valence-corrected chi connectivity index (χ2v) is 3.80. The number of aliphatic carboxylic acids is 1. The van der Waals surface area contributed by atoms with Gasteiger partial charge >= 0.3 is 5.97 Å². The molecule has 15 heavy (non-hydrogen) atoms. The second kappa shape index (κ2) is 4.44. The van der Waals surface area contributed by atoms with Gasteiger partial charge in [0, 0.05) is 12.8 Å². The van der Waals surface area contributed by atoms with E-state index in [-0.39, 0.29) is 18.0 Å². The lowest BCUT2D eigenvalue weighted by atomic mass is 10.0. The van der Waals surface area contributed by atoms with Gasteiger partial charge in [-0.25, -0.2) is 0 Å². The Labute approximate surface area is 88.8 Å². The molecule has 1 saturated heterocycles. The van der Waals surface area contributed by atoms with Crippen molar-refractivity contribution in [1.29, 1.82) is 0 Å². The molecule has 0 aromatic carbocycles. The van der Waals surface area contributed by atoms with Crippen LogP contribution in [0.3, 0.4) is 0 Å². The summed E-state index contributed by atoms with van der Waals surface area (Å²) in [4.78, 5) is 23.5. The van der Waals surface area contributed by atoms with Crippen molar-refractivity contribution in [1.82, 2.24) is 10.2 Å². The normalized spacial score (nSPS) is 31.2. The van der Waals surface area contributed by atoms with Gasteiger partial charge in [-0.1, -0.05) is 6.08 Å². The molecule has 1 fully saturated rings. The summed E-state index contributed by atoms with van der Waals surface area (Å²) in [6.07, 6.45) is 1.92. The van der Waals surface area contributed by atoms with Crippen molar-refractivity contribution in [3.05, 3.63) is 12.7 Å². The van der Waals surface area contributed by atoms with E-state index >= 15 is 0 Å². The second-order valence-electron chi connectivity index (χ2n) is 3.80. The third kappa shape index (κ3) is 2.36. The highest BCUT2D eigenvalue weighted by Crippen LogP contribution is 2.27. The third-order valence-electron chi connectivity index (χ3n) is 2.77. The van der Waals surface area contributed by atoms with Gasteiger partial charge in [-0.3, -0.25) is 14.5 Å². The number of amides is 1. The average Bonchev–Trinajstić information content (AvgIpc) is 2.43. The molecular formula is C10H16N2O3. The molecule has 2 N–H and O–H groups in total. The van der Waals surface area contributed by atoms with Gasteiger partial charge in [0.05, 0.1) is 6.17 Å². The standard InChI is InChI=1S/C10H16N2O3/c1-4-7-5-8(10(14)15)12(3)9(7)11-6(2)13/h4,7-9H,1,5H2,2-3H3,(H,11,13)(H,14,15)/t7-,8-,9-/m1/s1. The Morgan fingerprint density at radius 3 is 2.60 bits per heavy atom. The summed E-state index contributed by atoms with van der Waals surface area (Å²) in [6.45, 7) is 5.08. The summed E-state index contributed by atoms with van der Waals surface area (Å²) in [5.74, 6) is -1.04. The molecular weight excluding hydrogens is 196 g/mol. The molecule has 1 amide bonds. The molecule has 0 aromatic heterocycles. The van der Waals surface area contributed by atoms with Gasteiger partial charge in [0.1, 0.15) is 6.04 Å². The minimum atomic E-state index is -0.864. The molecule has 84 valence electrons. The fraction of sp³-hybridized carbons (Fsp3) is 0.600. The van der Waals surface area contributed by atoms with E-state index in [1.54, 1.807) is 18.0 Å². The van der Waals surface area contributed by atoms with Crippen LogP contribution in [0.5, 0.6) is 0 Å². The van der Waals surface area contributed by atoms with Crippen molar-refractivity contribution in [2.45, 2.75) is 25.6 Å². The lowest BCUT2D eigenvalue weighted by molar-refractivity contribution is -0.142. The van der Waals surface area contributed by atoms with Gasteiger partial charge in [-0.05, 0) is 13.5 Å². The number of carboxylic acid groups (broad SMARTS) is 1. The van der Waals surface area contributed by atoms with E-state index in [9.17, 15) is 9.59 Å². The van der Waals surface area contributed by atoms with Gasteiger partial charge in [-0.2, -0.15) is 0 Å². The molecule has 0 saturated carbocycles. The van der Waals surface area contributed by atoms with E-state index in [1.807, 2.05) is 0 Å². The third-order valence-corrected chi connectivity index (χ3v) is 2.77. The maximum absolute atomic E-state index is 11.0. The van der Waals surface area contributed by atoms with E-state index in [4.69, 9.17) is 5.11 Å². The number of hydrogen-bond acceptors (Lipinski definition) is 3. The van der Waals surface area contributed by atoms with E-state index in [0.717, 1.165) is 0 Å².